The van der Waals surface area contributed by atoms with E-state index in [-0.39, 0.29) is 10.00 Å². The summed E-state index contributed by atoms with van der Waals surface area (Å²) in [6, 6.07) is 0. The third-order valence-electron chi connectivity index (χ3n) is 0.881. The summed E-state index contributed by atoms with van der Waals surface area (Å²) in [5.74, 6) is -2.42. The Bertz CT molecular complexity index is 323. The lowest BCUT2D eigenvalue weighted by Crippen LogP contribution is -2.33. The van der Waals surface area contributed by atoms with Gasteiger partial charge in [0.2, 0.25) is 0 Å². The van der Waals surface area contributed by atoms with Crippen molar-refractivity contribution in [3.63, 3.8) is 0 Å². The van der Waals surface area contributed by atoms with Crippen molar-refractivity contribution in [1.82, 2.24) is 15.2 Å². The second kappa shape index (κ2) is 3.21. The van der Waals surface area contributed by atoms with Crippen LogP contribution in [0.4, 0.5) is 13.2 Å². The molecule has 0 fully saturated rings. The van der Waals surface area contributed by atoms with Crippen LogP contribution in [0.2, 0.25) is 5.15 Å². The normalized spacial score (nSPS) is 11.4. The summed E-state index contributed by atoms with van der Waals surface area (Å²) in [7, 11) is 0. The molecule has 0 aliphatic carbocycles. The van der Waals surface area contributed by atoms with Crippen molar-refractivity contribution in [2.45, 2.75) is 6.18 Å². The number of carbonyl (C=O) groups excluding carboxylic acids is 1. The first-order valence-electron chi connectivity index (χ1n) is 2.77. The Morgan fingerprint density at radius 2 is 2.23 bits per heavy atom. The first-order chi connectivity index (χ1) is 5.91. The van der Waals surface area contributed by atoms with E-state index in [4.69, 9.17) is 11.6 Å². The summed E-state index contributed by atoms with van der Waals surface area (Å²) in [6.07, 6.45) is -4.17. The van der Waals surface area contributed by atoms with Crippen LogP contribution in [0.5, 0.6) is 0 Å². The molecule has 5 nitrogen and oxygen atoms in total. The summed E-state index contributed by atoms with van der Waals surface area (Å²) < 4.78 is 34.8. The van der Waals surface area contributed by atoms with Crippen molar-refractivity contribution in [2.24, 2.45) is 0 Å². The summed E-state index contributed by atoms with van der Waals surface area (Å²) in [6.45, 7) is 0. The maximum atomic E-state index is 11.6. The van der Waals surface area contributed by atoms with E-state index >= 15 is 0 Å². The summed E-state index contributed by atoms with van der Waals surface area (Å²) in [4.78, 5) is 14.1. The Morgan fingerprint density at radius 1 is 1.62 bits per heavy atom. The van der Waals surface area contributed by atoms with Crippen LogP contribution in [0.15, 0.2) is 6.20 Å². The maximum Gasteiger partial charge on any atom is 0.493 e. The van der Waals surface area contributed by atoms with Gasteiger partial charge in [-0.3, -0.25) is 0 Å². The van der Waals surface area contributed by atoms with E-state index in [1.807, 2.05) is 0 Å². The van der Waals surface area contributed by atoms with Crippen LogP contribution in [0, 0.1) is 0 Å². The van der Waals surface area contributed by atoms with Gasteiger partial charge in [0.15, 0.2) is 5.15 Å². The van der Waals surface area contributed by atoms with Crippen molar-refractivity contribution in [1.29, 1.82) is 0 Å². The molecule has 0 unspecified atom stereocenters. The monoisotopic (exact) mass is 215 g/mol. The second-order valence-electron chi connectivity index (χ2n) is 1.81. The Kier molecular flexibility index (Phi) is 2.41. The number of carbonyl (C=O) groups is 1. The highest BCUT2D eigenvalue weighted by atomic mass is 35.5. The topological polar surface area (TPSA) is 57.0 Å². The van der Waals surface area contributed by atoms with Crippen LogP contribution in [0.25, 0.3) is 0 Å². The van der Waals surface area contributed by atoms with Gasteiger partial charge in [-0.2, -0.15) is 13.2 Å². The highest BCUT2D eigenvalue weighted by Crippen LogP contribution is 2.15. The van der Waals surface area contributed by atoms with Gasteiger partial charge in [-0.05, 0) is 5.21 Å². The smallest absolute Gasteiger partial charge is 0.307 e. The molecule has 0 N–H and O–H groups in total. The van der Waals surface area contributed by atoms with Gasteiger partial charge in [0.1, 0.15) is 0 Å². The molecule has 72 valence electrons. The van der Waals surface area contributed by atoms with Crippen LogP contribution >= 0.6 is 11.6 Å². The van der Waals surface area contributed by atoms with E-state index in [0.29, 0.717) is 0 Å². The molecule has 1 heterocycles. The van der Waals surface area contributed by atoms with E-state index in [0.717, 1.165) is 6.20 Å². The minimum absolute atomic E-state index is 0.164. The van der Waals surface area contributed by atoms with Crippen LogP contribution in [-0.2, 0) is 4.79 Å². The molecule has 9 heteroatoms. The van der Waals surface area contributed by atoms with Gasteiger partial charge in [0.05, 0.1) is 6.20 Å². The number of rotatable bonds is 1. The van der Waals surface area contributed by atoms with Crippen molar-refractivity contribution in [2.75, 3.05) is 0 Å². The lowest BCUT2D eigenvalue weighted by molar-refractivity contribution is -0.201. The Morgan fingerprint density at radius 3 is 2.62 bits per heavy atom. The van der Waals surface area contributed by atoms with Gasteiger partial charge < -0.3 is 4.84 Å². The standard InChI is InChI=1S/C4HClF3N3O2/c5-2-1-9-10-11(2)13-3(12)4(6,7)8/h1H. The maximum absolute atomic E-state index is 11.6. The Labute approximate surface area is 74.0 Å². The zero-order chi connectivity index (χ0) is 10.1. The van der Waals surface area contributed by atoms with Gasteiger partial charge in [0.25, 0.3) is 0 Å². The molecular formula is C4HClF3N3O2. The molecule has 1 rings (SSSR count). The molecule has 0 aliphatic rings. The Balaban J connectivity index is 2.71. The van der Waals surface area contributed by atoms with Gasteiger partial charge in [-0.25, -0.2) is 4.79 Å². The second-order valence-corrected chi connectivity index (χ2v) is 2.19. The number of halogens is 4. The lowest BCUT2D eigenvalue weighted by atomic mass is 10.7. The van der Waals surface area contributed by atoms with E-state index in [1.54, 1.807) is 0 Å². The largest absolute Gasteiger partial charge is 0.493 e. The van der Waals surface area contributed by atoms with Crippen LogP contribution in [0.1, 0.15) is 0 Å². The summed E-state index contributed by atoms with van der Waals surface area (Å²) in [5.41, 5.74) is 0. The van der Waals surface area contributed by atoms with Crippen LogP contribution < -0.4 is 4.84 Å². The van der Waals surface area contributed by atoms with Crippen LogP contribution in [0.3, 0.4) is 0 Å². The minimum atomic E-state index is -5.09. The molecule has 0 atom stereocenters. The molecule has 0 amide bonds. The molecule has 13 heavy (non-hydrogen) atoms. The molecule has 0 radical (unpaired) electrons. The fourth-order valence-electron chi connectivity index (χ4n) is 0.405. The fraction of sp³-hybridized carbons (Fsp3) is 0.250. The van der Waals surface area contributed by atoms with Gasteiger partial charge in [-0.15, -0.1) is 5.10 Å². The zero-order valence-corrected chi connectivity index (χ0v) is 6.50. The molecule has 1 aromatic heterocycles. The lowest BCUT2D eigenvalue weighted by Gasteiger charge is -2.04. The molecule has 0 saturated heterocycles. The van der Waals surface area contributed by atoms with Crippen LogP contribution in [-0.4, -0.2) is 27.3 Å². The van der Waals surface area contributed by atoms with Crippen molar-refractivity contribution < 1.29 is 22.8 Å². The summed E-state index contributed by atoms with van der Waals surface area (Å²) in [5, 5.41) is 5.72. The predicted molar refractivity (Wildman–Crippen MR) is 32.7 cm³/mol. The average molecular weight is 216 g/mol. The average Bonchev–Trinajstić information content (AvgIpc) is 2.34. The third kappa shape index (κ3) is 2.31. The van der Waals surface area contributed by atoms with E-state index in [9.17, 15) is 18.0 Å². The number of hydrogen-bond donors (Lipinski definition) is 0. The van der Waals surface area contributed by atoms with Gasteiger partial charge >= 0.3 is 12.1 Å². The van der Waals surface area contributed by atoms with Gasteiger partial charge in [0, 0.05) is 0 Å². The number of hydrogen-bond acceptors (Lipinski definition) is 4. The third-order valence-corrected chi connectivity index (χ3v) is 1.12. The summed E-state index contributed by atoms with van der Waals surface area (Å²) >= 11 is 5.23. The number of aromatic nitrogens is 3. The predicted octanol–water partition coefficient (Wildman–Crippen LogP) is 0.449. The molecular weight excluding hydrogens is 215 g/mol. The quantitative estimate of drug-likeness (QED) is 0.638. The first kappa shape index (κ1) is 9.78. The van der Waals surface area contributed by atoms with E-state index in [2.05, 4.69) is 15.1 Å². The number of nitrogens with zero attached hydrogens (tertiary/aromatic N) is 3. The molecule has 0 bridgehead atoms. The van der Waals surface area contributed by atoms with Gasteiger partial charge in [-0.1, -0.05) is 16.4 Å². The number of alkyl halides is 3. The highest BCUT2D eigenvalue weighted by molar-refractivity contribution is 6.29. The minimum Gasteiger partial charge on any atom is -0.307 e. The van der Waals surface area contributed by atoms with Crippen molar-refractivity contribution in [3.05, 3.63) is 11.3 Å². The molecule has 1 aromatic rings. The fourth-order valence-corrected chi connectivity index (χ4v) is 0.517. The zero-order valence-electron chi connectivity index (χ0n) is 5.75. The Hall–Kier alpha value is -1.31. The molecule has 0 spiro atoms. The van der Waals surface area contributed by atoms with Crippen molar-refractivity contribution >= 4 is 17.6 Å². The first-order valence-corrected chi connectivity index (χ1v) is 3.15. The molecule has 0 aromatic carbocycles. The van der Waals surface area contributed by atoms with Crippen molar-refractivity contribution in [3.8, 4) is 0 Å². The molecule has 0 aliphatic heterocycles. The SMILES string of the molecule is O=C(On1nncc1Cl)C(F)(F)F. The van der Waals surface area contributed by atoms with E-state index in [1.165, 1.54) is 0 Å². The molecule has 0 saturated carbocycles. The van der Waals surface area contributed by atoms with E-state index < -0.39 is 12.1 Å². The highest BCUT2D eigenvalue weighted by Gasteiger charge is 2.42.